The topological polar surface area (TPSA) is 47.3 Å². The number of benzene rings is 1. The molecule has 1 aromatic carbocycles. The highest BCUT2D eigenvalue weighted by molar-refractivity contribution is 7.27. The van der Waals surface area contributed by atoms with E-state index in [1.165, 1.54) is 14.3 Å². The molecule has 0 bridgehead atoms. The summed E-state index contributed by atoms with van der Waals surface area (Å²) in [6.07, 6.45) is 0. The van der Waals surface area contributed by atoms with Crippen molar-refractivity contribution < 1.29 is 4.74 Å². The molecule has 0 spiro atoms. The van der Waals surface area contributed by atoms with Crippen molar-refractivity contribution in [3.63, 3.8) is 0 Å². The van der Waals surface area contributed by atoms with E-state index >= 15 is 0 Å². The summed E-state index contributed by atoms with van der Waals surface area (Å²) in [4.78, 5) is 1.22. The van der Waals surface area contributed by atoms with Gasteiger partial charge in [-0.15, -0.1) is 22.7 Å². The zero-order valence-electron chi connectivity index (χ0n) is 11.1. The van der Waals surface area contributed by atoms with E-state index in [0.717, 1.165) is 11.3 Å². The fourth-order valence-electron chi connectivity index (χ4n) is 2.22. The fourth-order valence-corrected chi connectivity index (χ4v) is 4.43. The van der Waals surface area contributed by atoms with Crippen molar-refractivity contribution in [1.29, 1.82) is 0 Å². The van der Waals surface area contributed by atoms with Crippen molar-refractivity contribution in [2.45, 2.75) is 13.0 Å². The van der Waals surface area contributed by atoms with Crippen molar-refractivity contribution in [2.75, 3.05) is 6.61 Å². The molecule has 20 heavy (non-hydrogen) atoms. The van der Waals surface area contributed by atoms with Crippen molar-refractivity contribution >= 4 is 32.1 Å². The summed E-state index contributed by atoms with van der Waals surface area (Å²) < 4.78 is 8.18. The Morgan fingerprint density at radius 3 is 2.90 bits per heavy atom. The van der Waals surface area contributed by atoms with Gasteiger partial charge in [0, 0.05) is 14.3 Å². The molecule has 0 fully saturated rings. The second-order valence-corrected chi connectivity index (χ2v) is 6.47. The summed E-state index contributed by atoms with van der Waals surface area (Å²) in [6.45, 7) is 2.65. The van der Waals surface area contributed by atoms with Gasteiger partial charge in [0.15, 0.2) is 0 Å². The monoisotopic (exact) mass is 304 g/mol. The molecule has 3 nitrogen and oxygen atoms in total. The van der Waals surface area contributed by atoms with Gasteiger partial charge in [-0.3, -0.25) is 5.84 Å². The van der Waals surface area contributed by atoms with Crippen LogP contribution >= 0.6 is 22.7 Å². The zero-order valence-corrected chi connectivity index (χ0v) is 12.8. The Morgan fingerprint density at radius 1 is 1.25 bits per heavy atom. The van der Waals surface area contributed by atoms with Crippen LogP contribution < -0.4 is 16.0 Å². The van der Waals surface area contributed by atoms with Gasteiger partial charge < -0.3 is 4.74 Å². The van der Waals surface area contributed by atoms with E-state index in [-0.39, 0.29) is 6.04 Å². The summed E-state index contributed by atoms with van der Waals surface area (Å²) in [5, 5.41) is 2.12. The third kappa shape index (κ3) is 2.58. The first-order chi connectivity index (χ1) is 9.81. The molecule has 0 saturated carbocycles. The maximum Gasteiger partial charge on any atom is 0.119 e. The Balaban J connectivity index is 1.96. The zero-order chi connectivity index (χ0) is 13.9. The van der Waals surface area contributed by atoms with Gasteiger partial charge >= 0.3 is 0 Å². The van der Waals surface area contributed by atoms with Crippen molar-refractivity contribution in [2.24, 2.45) is 5.84 Å². The molecular formula is C15H16N2OS2. The standard InChI is InChI=1S/C15H16N2OS2/c1-2-18-11-5-3-4-10(8-11)15(17-16)14-9-13-12(20-14)6-7-19-13/h3-9,15,17H,2,16H2,1H3. The van der Waals surface area contributed by atoms with Gasteiger partial charge in [0.2, 0.25) is 0 Å². The van der Waals surface area contributed by atoms with Gasteiger partial charge in [0.05, 0.1) is 12.6 Å². The smallest absolute Gasteiger partial charge is 0.119 e. The van der Waals surface area contributed by atoms with E-state index in [1.54, 1.807) is 22.7 Å². The molecular weight excluding hydrogens is 288 g/mol. The molecule has 5 heteroatoms. The van der Waals surface area contributed by atoms with E-state index in [0.29, 0.717) is 6.61 Å². The van der Waals surface area contributed by atoms with Gasteiger partial charge in [-0.05, 0) is 42.1 Å². The van der Waals surface area contributed by atoms with Crippen LogP contribution in [0, 0.1) is 0 Å². The Labute approximate surface area is 126 Å². The number of nitrogens with one attached hydrogen (secondary N) is 1. The number of nitrogens with two attached hydrogens (primary N) is 1. The lowest BCUT2D eigenvalue weighted by atomic mass is 10.1. The minimum atomic E-state index is 0.00000567. The van der Waals surface area contributed by atoms with Gasteiger partial charge in [-0.1, -0.05) is 12.1 Å². The first-order valence-electron chi connectivity index (χ1n) is 6.47. The Hall–Kier alpha value is -1.40. The molecule has 0 amide bonds. The Kier molecular flexibility index (Phi) is 4.03. The predicted molar refractivity (Wildman–Crippen MR) is 86.5 cm³/mol. The van der Waals surface area contributed by atoms with E-state index in [2.05, 4.69) is 29.0 Å². The average Bonchev–Trinajstić information content (AvgIpc) is 3.02. The van der Waals surface area contributed by atoms with Gasteiger partial charge in [0.1, 0.15) is 5.75 Å². The van der Waals surface area contributed by atoms with Crippen molar-refractivity contribution in [1.82, 2.24) is 5.43 Å². The lowest BCUT2D eigenvalue weighted by Gasteiger charge is -2.15. The van der Waals surface area contributed by atoms with E-state index < -0.39 is 0 Å². The number of rotatable bonds is 5. The molecule has 0 aliphatic heterocycles. The highest BCUT2D eigenvalue weighted by Crippen LogP contribution is 2.36. The van der Waals surface area contributed by atoms with E-state index in [9.17, 15) is 0 Å². The normalized spacial score (nSPS) is 12.7. The van der Waals surface area contributed by atoms with Crippen LogP contribution in [0.15, 0.2) is 41.8 Å². The first kappa shape index (κ1) is 13.6. The van der Waals surface area contributed by atoms with Crippen molar-refractivity contribution in [3.05, 3.63) is 52.2 Å². The summed E-state index contributed by atoms with van der Waals surface area (Å²) in [5.41, 5.74) is 4.03. The highest BCUT2D eigenvalue weighted by atomic mass is 32.1. The van der Waals surface area contributed by atoms with Gasteiger partial charge in [-0.2, -0.15) is 0 Å². The van der Waals surface area contributed by atoms with Crippen LogP contribution in [0.2, 0.25) is 0 Å². The molecule has 3 aromatic rings. The van der Waals surface area contributed by atoms with Crippen LogP contribution in [0.5, 0.6) is 5.75 Å². The maximum atomic E-state index is 5.77. The number of fused-ring (bicyclic) bond motifs is 1. The maximum absolute atomic E-state index is 5.77. The molecule has 0 radical (unpaired) electrons. The SMILES string of the molecule is CCOc1cccc(C(NN)c2cc3sccc3s2)c1. The number of hydrazine groups is 1. The van der Waals surface area contributed by atoms with Gasteiger partial charge in [-0.25, -0.2) is 5.43 Å². The summed E-state index contributed by atoms with van der Waals surface area (Å²) >= 11 is 3.54. The highest BCUT2D eigenvalue weighted by Gasteiger charge is 2.16. The molecule has 104 valence electrons. The third-order valence-electron chi connectivity index (χ3n) is 3.11. The lowest BCUT2D eigenvalue weighted by molar-refractivity contribution is 0.339. The number of ether oxygens (including phenoxy) is 1. The minimum absolute atomic E-state index is 0.00000567. The van der Waals surface area contributed by atoms with Crippen LogP contribution in [-0.2, 0) is 0 Å². The Morgan fingerprint density at radius 2 is 2.15 bits per heavy atom. The minimum Gasteiger partial charge on any atom is -0.494 e. The fraction of sp³-hybridized carbons (Fsp3) is 0.200. The van der Waals surface area contributed by atoms with Crippen LogP contribution in [-0.4, -0.2) is 6.61 Å². The quantitative estimate of drug-likeness (QED) is 0.555. The van der Waals surface area contributed by atoms with E-state index in [1.807, 2.05) is 25.1 Å². The molecule has 0 aliphatic carbocycles. The van der Waals surface area contributed by atoms with Crippen molar-refractivity contribution in [3.8, 4) is 5.75 Å². The number of hydrogen-bond donors (Lipinski definition) is 2. The Bertz CT molecular complexity index is 676. The van der Waals surface area contributed by atoms with Crippen LogP contribution in [0.25, 0.3) is 9.40 Å². The molecule has 1 atom stereocenters. The second kappa shape index (κ2) is 5.93. The molecule has 2 heterocycles. The molecule has 3 N–H and O–H groups in total. The molecule has 0 aliphatic rings. The lowest BCUT2D eigenvalue weighted by Crippen LogP contribution is -2.28. The van der Waals surface area contributed by atoms with Crippen LogP contribution in [0.1, 0.15) is 23.4 Å². The second-order valence-electron chi connectivity index (χ2n) is 4.40. The largest absolute Gasteiger partial charge is 0.494 e. The van der Waals surface area contributed by atoms with Crippen LogP contribution in [0.3, 0.4) is 0 Å². The van der Waals surface area contributed by atoms with Crippen LogP contribution in [0.4, 0.5) is 0 Å². The predicted octanol–water partition coefficient (Wildman–Crippen LogP) is 3.91. The number of thiophene rings is 2. The molecule has 2 aromatic heterocycles. The summed E-state index contributed by atoms with van der Waals surface area (Å²) in [5.74, 6) is 6.65. The molecule has 0 saturated heterocycles. The first-order valence-corrected chi connectivity index (χ1v) is 8.17. The summed E-state index contributed by atoms with van der Waals surface area (Å²) in [6, 6.07) is 12.4. The average molecular weight is 304 g/mol. The molecule has 1 unspecified atom stereocenters. The van der Waals surface area contributed by atoms with Gasteiger partial charge in [0.25, 0.3) is 0 Å². The number of hydrogen-bond acceptors (Lipinski definition) is 5. The molecule has 3 rings (SSSR count). The third-order valence-corrected chi connectivity index (χ3v) is 5.27. The van der Waals surface area contributed by atoms with E-state index in [4.69, 9.17) is 10.6 Å². The summed E-state index contributed by atoms with van der Waals surface area (Å²) in [7, 11) is 0.